The summed E-state index contributed by atoms with van der Waals surface area (Å²) in [6.45, 7) is 4.01. The van der Waals surface area contributed by atoms with Gasteiger partial charge in [-0.1, -0.05) is 0 Å². The van der Waals surface area contributed by atoms with Crippen LogP contribution in [-0.2, 0) is 0 Å². The number of hydrogen-bond donors (Lipinski definition) is 4. The molecule has 0 bridgehead atoms. The highest BCUT2D eigenvalue weighted by molar-refractivity contribution is 5.93. The molecule has 124 valence electrons. The van der Waals surface area contributed by atoms with E-state index in [2.05, 4.69) is 31.2 Å². The van der Waals surface area contributed by atoms with Crippen molar-refractivity contribution in [2.24, 2.45) is 5.41 Å². The third-order valence-corrected chi connectivity index (χ3v) is 5.40. The van der Waals surface area contributed by atoms with E-state index in [4.69, 9.17) is 0 Å². The number of nitrogens with one attached hydrogen (secondary N) is 4. The normalized spacial score (nSPS) is 28.5. The van der Waals surface area contributed by atoms with E-state index < -0.39 is 0 Å². The number of hydrogen-bond acceptors (Lipinski definition) is 6. The summed E-state index contributed by atoms with van der Waals surface area (Å²) in [4.78, 5) is 20.8. The van der Waals surface area contributed by atoms with E-state index in [0.29, 0.717) is 23.0 Å². The molecular formula is C16H24N6O. The third-order valence-electron chi connectivity index (χ3n) is 5.40. The Morgan fingerprint density at radius 1 is 1.17 bits per heavy atom. The first-order valence-electron chi connectivity index (χ1n) is 8.56. The maximum atomic E-state index is 12.1. The van der Waals surface area contributed by atoms with Gasteiger partial charge < -0.3 is 21.3 Å². The highest BCUT2D eigenvalue weighted by atomic mass is 16.1. The average Bonchev–Trinajstić information content (AvgIpc) is 2.99. The first kappa shape index (κ1) is 14.8. The predicted molar refractivity (Wildman–Crippen MR) is 87.3 cm³/mol. The number of nitrogens with zero attached hydrogens (tertiary/aromatic N) is 2. The van der Waals surface area contributed by atoms with E-state index in [0.717, 1.165) is 32.6 Å². The van der Waals surface area contributed by atoms with E-state index in [1.165, 1.54) is 19.3 Å². The Balaban J connectivity index is 1.32. The predicted octanol–water partition coefficient (Wildman–Crippen LogP) is 0.122. The molecule has 23 heavy (non-hydrogen) atoms. The zero-order chi connectivity index (χ0) is 15.7. The molecule has 1 aromatic rings. The zero-order valence-electron chi connectivity index (χ0n) is 13.3. The Morgan fingerprint density at radius 2 is 1.96 bits per heavy atom. The van der Waals surface area contributed by atoms with Crippen LogP contribution in [0.15, 0.2) is 12.4 Å². The minimum absolute atomic E-state index is 0.0912. The van der Waals surface area contributed by atoms with Crippen LogP contribution in [0, 0.1) is 5.41 Å². The number of carbonyl (C=O) groups is 1. The van der Waals surface area contributed by atoms with Crippen LogP contribution in [0.25, 0.3) is 0 Å². The summed E-state index contributed by atoms with van der Waals surface area (Å²) >= 11 is 0. The molecule has 1 aromatic heterocycles. The number of aromatic nitrogens is 2. The fourth-order valence-corrected chi connectivity index (χ4v) is 3.75. The smallest absolute Gasteiger partial charge is 0.254 e. The minimum atomic E-state index is -0.0912. The molecule has 1 amide bonds. The topological polar surface area (TPSA) is 91.0 Å². The molecule has 1 spiro atoms. The second-order valence-electron chi connectivity index (χ2n) is 6.97. The van der Waals surface area contributed by atoms with Crippen molar-refractivity contribution in [2.75, 3.05) is 31.5 Å². The van der Waals surface area contributed by atoms with Crippen LogP contribution in [0.2, 0.25) is 0 Å². The molecule has 7 heteroatoms. The summed E-state index contributed by atoms with van der Waals surface area (Å²) in [5.41, 5.74) is 0.968. The molecule has 4 N–H and O–H groups in total. The highest BCUT2D eigenvalue weighted by Gasteiger charge is 2.54. The van der Waals surface area contributed by atoms with E-state index in [1.54, 1.807) is 12.4 Å². The van der Waals surface area contributed by atoms with Gasteiger partial charge in [-0.15, -0.1) is 0 Å². The summed E-state index contributed by atoms with van der Waals surface area (Å²) in [6.07, 6.45) is 7.86. The lowest BCUT2D eigenvalue weighted by Crippen LogP contribution is -2.36. The van der Waals surface area contributed by atoms with Crippen LogP contribution >= 0.6 is 0 Å². The molecule has 2 atom stereocenters. The number of amides is 1. The van der Waals surface area contributed by atoms with Crippen LogP contribution in [0.4, 0.5) is 5.95 Å². The van der Waals surface area contributed by atoms with Gasteiger partial charge in [0.2, 0.25) is 5.95 Å². The minimum Gasteiger partial charge on any atom is -0.351 e. The molecular weight excluding hydrogens is 292 g/mol. The second kappa shape index (κ2) is 6.05. The van der Waals surface area contributed by atoms with Gasteiger partial charge in [0.1, 0.15) is 0 Å². The van der Waals surface area contributed by atoms with Crippen molar-refractivity contribution in [3.8, 4) is 0 Å². The summed E-state index contributed by atoms with van der Waals surface area (Å²) < 4.78 is 0. The quantitative estimate of drug-likeness (QED) is 0.631. The summed E-state index contributed by atoms with van der Waals surface area (Å²) in [5, 5.41) is 13.1. The molecule has 2 unspecified atom stereocenters. The molecule has 4 rings (SSSR count). The lowest BCUT2D eigenvalue weighted by Gasteiger charge is -2.23. The first-order valence-corrected chi connectivity index (χ1v) is 8.56. The van der Waals surface area contributed by atoms with Gasteiger partial charge in [-0.3, -0.25) is 4.79 Å². The maximum Gasteiger partial charge on any atom is 0.254 e. The lowest BCUT2D eigenvalue weighted by atomic mass is 9.94. The Hall–Kier alpha value is -1.73. The van der Waals surface area contributed by atoms with E-state index in [1.807, 2.05) is 0 Å². The molecule has 0 radical (unpaired) electrons. The third kappa shape index (κ3) is 3.16. The SMILES string of the molecule is O=C(NC1CCNC1)c1cnc(NC2CC23CCNCC3)nc1. The van der Waals surface area contributed by atoms with Crippen molar-refractivity contribution in [1.29, 1.82) is 0 Å². The van der Waals surface area contributed by atoms with E-state index in [9.17, 15) is 4.79 Å². The molecule has 3 aliphatic rings. The van der Waals surface area contributed by atoms with Gasteiger partial charge >= 0.3 is 0 Å². The van der Waals surface area contributed by atoms with Gasteiger partial charge in [0.05, 0.1) is 5.56 Å². The molecule has 2 saturated heterocycles. The van der Waals surface area contributed by atoms with Gasteiger partial charge in [-0.05, 0) is 50.7 Å². The average molecular weight is 316 g/mol. The second-order valence-corrected chi connectivity index (χ2v) is 6.97. The Labute approximate surface area is 136 Å². The van der Waals surface area contributed by atoms with Crippen LogP contribution < -0.4 is 21.3 Å². The summed E-state index contributed by atoms with van der Waals surface area (Å²) in [6, 6.07) is 0.695. The van der Waals surface area contributed by atoms with Gasteiger partial charge in [0.15, 0.2) is 0 Å². The summed E-state index contributed by atoms with van der Waals surface area (Å²) in [7, 11) is 0. The van der Waals surface area contributed by atoms with Crippen molar-refractivity contribution in [3.63, 3.8) is 0 Å². The molecule has 3 heterocycles. The number of anilines is 1. The van der Waals surface area contributed by atoms with Crippen LogP contribution in [0.3, 0.4) is 0 Å². The van der Waals surface area contributed by atoms with Crippen molar-refractivity contribution < 1.29 is 4.79 Å². The van der Waals surface area contributed by atoms with Crippen LogP contribution in [0.1, 0.15) is 36.0 Å². The van der Waals surface area contributed by atoms with Crippen LogP contribution in [0.5, 0.6) is 0 Å². The summed E-state index contributed by atoms with van der Waals surface area (Å²) in [5.74, 6) is 0.538. The van der Waals surface area contributed by atoms with Gasteiger partial charge in [0, 0.05) is 31.0 Å². The van der Waals surface area contributed by atoms with Gasteiger partial charge in [0.25, 0.3) is 5.91 Å². The largest absolute Gasteiger partial charge is 0.351 e. The number of rotatable bonds is 4. The standard InChI is InChI=1S/C16H24N6O/c23-14(21-12-1-4-18-10-12)11-8-19-15(20-9-11)22-13-7-16(13)2-5-17-6-3-16/h8-9,12-13,17-18H,1-7,10H2,(H,21,23)(H,19,20,22). The highest BCUT2D eigenvalue weighted by Crippen LogP contribution is 2.53. The van der Waals surface area contributed by atoms with Gasteiger partial charge in [-0.2, -0.15) is 0 Å². The van der Waals surface area contributed by atoms with Crippen molar-refractivity contribution >= 4 is 11.9 Å². The van der Waals surface area contributed by atoms with Crippen molar-refractivity contribution in [2.45, 2.75) is 37.8 Å². The molecule has 0 aromatic carbocycles. The Kier molecular flexibility index (Phi) is 3.90. The van der Waals surface area contributed by atoms with E-state index in [-0.39, 0.29) is 11.9 Å². The molecule has 2 aliphatic heterocycles. The molecule has 3 fully saturated rings. The molecule has 7 nitrogen and oxygen atoms in total. The van der Waals surface area contributed by atoms with Crippen molar-refractivity contribution in [1.82, 2.24) is 25.9 Å². The zero-order valence-corrected chi connectivity index (χ0v) is 13.3. The monoisotopic (exact) mass is 316 g/mol. The number of piperidine rings is 1. The molecule has 1 saturated carbocycles. The lowest BCUT2D eigenvalue weighted by molar-refractivity contribution is 0.0939. The Bertz CT molecular complexity index is 562. The fraction of sp³-hybridized carbons (Fsp3) is 0.688. The van der Waals surface area contributed by atoms with E-state index >= 15 is 0 Å². The van der Waals surface area contributed by atoms with Crippen molar-refractivity contribution in [3.05, 3.63) is 18.0 Å². The Morgan fingerprint density at radius 3 is 2.65 bits per heavy atom. The van der Waals surface area contributed by atoms with Gasteiger partial charge in [-0.25, -0.2) is 9.97 Å². The van der Waals surface area contributed by atoms with Crippen LogP contribution in [-0.4, -0.2) is 54.1 Å². The molecule has 1 aliphatic carbocycles. The first-order chi connectivity index (χ1) is 11.3. The maximum absolute atomic E-state index is 12.1. The fourth-order valence-electron chi connectivity index (χ4n) is 3.75. The number of carbonyl (C=O) groups excluding carboxylic acids is 1.